The van der Waals surface area contributed by atoms with Gasteiger partial charge in [-0.25, -0.2) is 0 Å². The van der Waals surface area contributed by atoms with Crippen LogP contribution in [-0.2, 0) is 17.8 Å². The highest BCUT2D eigenvalue weighted by atomic mass is 16.3. The second kappa shape index (κ2) is 9.97. The number of fused-ring (bicyclic) bond motifs is 1. The molecule has 0 spiro atoms. The van der Waals surface area contributed by atoms with Crippen molar-refractivity contribution in [2.24, 2.45) is 0 Å². The summed E-state index contributed by atoms with van der Waals surface area (Å²) in [6.45, 7) is 8.52. The fraction of sp³-hybridized carbons (Fsp3) is 0.370. The summed E-state index contributed by atoms with van der Waals surface area (Å²) in [4.78, 5) is 17.4. The lowest BCUT2D eigenvalue weighted by Crippen LogP contribution is -2.47. The molecule has 2 aromatic carbocycles. The van der Waals surface area contributed by atoms with E-state index in [4.69, 9.17) is 4.42 Å². The van der Waals surface area contributed by atoms with E-state index in [0.717, 1.165) is 79.9 Å². The second-order valence-corrected chi connectivity index (χ2v) is 8.41. The second-order valence-electron chi connectivity index (χ2n) is 8.41. The third-order valence-corrected chi connectivity index (χ3v) is 6.09. The van der Waals surface area contributed by atoms with E-state index in [9.17, 15) is 4.79 Å². The molecule has 1 fully saturated rings. The zero-order valence-electron chi connectivity index (χ0n) is 18.6. The van der Waals surface area contributed by atoms with Crippen LogP contribution < -0.4 is 0 Å². The van der Waals surface area contributed by atoms with Gasteiger partial charge in [0.1, 0.15) is 11.3 Å². The number of hydrogen-bond acceptors (Lipinski definition) is 3. The number of furan rings is 1. The number of rotatable bonds is 7. The van der Waals surface area contributed by atoms with Crippen molar-refractivity contribution in [1.82, 2.24) is 9.80 Å². The molecule has 4 nitrogen and oxygen atoms in total. The van der Waals surface area contributed by atoms with E-state index in [0.29, 0.717) is 0 Å². The van der Waals surface area contributed by atoms with Gasteiger partial charge >= 0.3 is 0 Å². The molecule has 0 unspecified atom stereocenters. The number of amides is 1. The van der Waals surface area contributed by atoms with Crippen LogP contribution in [0.15, 0.2) is 65.1 Å². The van der Waals surface area contributed by atoms with Crippen molar-refractivity contribution in [3.8, 4) is 0 Å². The zero-order chi connectivity index (χ0) is 21.6. The van der Waals surface area contributed by atoms with Crippen LogP contribution in [0.5, 0.6) is 0 Å². The Labute approximate surface area is 185 Å². The van der Waals surface area contributed by atoms with E-state index in [1.54, 1.807) is 6.08 Å². The van der Waals surface area contributed by atoms with Crippen molar-refractivity contribution in [3.05, 3.63) is 77.6 Å². The number of carbonyl (C=O) groups is 1. The predicted molar refractivity (Wildman–Crippen MR) is 127 cm³/mol. The largest absolute Gasteiger partial charge is 0.460 e. The highest BCUT2D eigenvalue weighted by Crippen LogP contribution is 2.32. The quantitative estimate of drug-likeness (QED) is 0.476. The number of nitrogens with zero attached hydrogens (tertiary/aromatic N) is 2. The van der Waals surface area contributed by atoms with E-state index in [2.05, 4.69) is 42.2 Å². The minimum absolute atomic E-state index is 0.101. The van der Waals surface area contributed by atoms with Gasteiger partial charge in [-0.3, -0.25) is 9.69 Å². The Morgan fingerprint density at radius 3 is 2.45 bits per heavy atom. The molecule has 1 aliphatic heterocycles. The molecule has 0 saturated carbocycles. The van der Waals surface area contributed by atoms with E-state index in [-0.39, 0.29) is 5.91 Å². The Kier molecular flexibility index (Phi) is 6.88. The summed E-state index contributed by atoms with van der Waals surface area (Å²) in [7, 11) is 0. The monoisotopic (exact) mass is 416 g/mol. The molecule has 4 rings (SSSR count). The maximum Gasteiger partial charge on any atom is 0.246 e. The van der Waals surface area contributed by atoms with Gasteiger partial charge in [-0.15, -0.1) is 0 Å². The predicted octanol–water partition coefficient (Wildman–Crippen LogP) is 5.52. The maximum absolute atomic E-state index is 13.0. The van der Waals surface area contributed by atoms with E-state index in [1.807, 2.05) is 36.1 Å². The molecule has 0 bridgehead atoms. The minimum atomic E-state index is 0.101. The number of unbranched alkanes of at least 4 members (excludes halogenated alkanes) is 1. The van der Waals surface area contributed by atoms with Gasteiger partial charge in [0.05, 0.1) is 0 Å². The Bertz CT molecular complexity index is 1040. The first kappa shape index (κ1) is 21.4. The molecular weight excluding hydrogens is 384 g/mol. The van der Waals surface area contributed by atoms with Crippen LogP contribution in [0.2, 0.25) is 0 Å². The average molecular weight is 417 g/mol. The highest BCUT2D eigenvalue weighted by molar-refractivity contribution is 6.00. The Hall–Kier alpha value is -2.85. The minimum Gasteiger partial charge on any atom is -0.460 e. The number of allylic oxidation sites excluding steroid dienone is 1. The molecule has 0 radical (unpaired) electrons. The molecule has 1 aromatic heterocycles. The van der Waals surface area contributed by atoms with Crippen LogP contribution in [0.4, 0.5) is 0 Å². The smallest absolute Gasteiger partial charge is 0.246 e. The van der Waals surface area contributed by atoms with Gasteiger partial charge in [-0.2, -0.15) is 0 Å². The number of hydrogen-bond donors (Lipinski definition) is 0. The fourth-order valence-electron chi connectivity index (χ4n) is 4.36. The first-order valence-corrected chi connectivity index (χ1v) is 11.4. The van der Waals surface area contributed by atoms with Crippen molar-refractivity contribution in [2.45, 2.75) is 39.7 Å². The average Bonchev–Trinajstić information content (AvgIpc) is 3.17. The summed E-state index contributed by atoms with van der Waals surface area (Å²) in [5.74, 6) is 1.10. The number of carbonyl (C=O) groups excluding carboxylic acids is 1. The van der Waals surface area contributed by atoms with Crippen molar-refractivity contribution in [3.63, 3.8) is 0 Å². The van der Waals surface area contributed by atoms with Crippen molar-refractivity contribution in [2.75, 3.05) is 26.2 Å². The number of para-hydroxylation sites is 1. The molecule has 2 heterocycles. The summed E-state index contributed by atoms with van der Waals surface area (Å²) < 4.78 is 6.15. The van der Waals surface area contributed by atoms with Crippen LogP contribution in [0, 0.1) is 0 Å². The summed E-state index contributed by atoms with van der Waals surface area (Å²) in [5.41, 5.74) is 4.32. The lowest BCUT2D eigenvalue weighted by molar-refractivity contribution is -0.127. The molecule has 1 saturated heterocycles. The Morgan fingerprint density at radius 2 is 1.71 bits per heavy atom. The summed E-state index contributed by atoms with van der Waals surface area (Å²) in [5, 5.41) is 1.10. The Balaban J connectivity index is 1.45. The van der Waals surface area contributed by atoms with Gasteiger partial charge in [-0.1, -0.05) is 61.9 Å². The van der Waals surface area contributed by atoms with Crippen molar-refractivity contribution in [1.29, 1.82) is 0 Å². The lowest BCUT2D eigenvalue weighted by atomic mass is 10.00. The van der Waals surface area contributed by atoms with E-state index in [1.165, 1.54) is 5.56 Å². The van der Waals surface area contributed by atoms with Crippen LogP contribution in [0.1, 0.15) is 43.6 Å². The normalized spacial score (nSPS) is 15.5. The topological polar surface area (TPSA) is 36.7 Å². The summed E-state index contributed by atoms with van der Waals surface area (Å²) >= 11 is 0. The van der Waals surface area contributed by atoms with Gasteiger partial charge in [-0.05, 0) is 30.5 Å². The van der Waals surface area contributed by atoms with Gasteiger partial charge in [0.15, 0.2) is 0 Å². The molecule has 0 aliphatic carbocycles. The van der Waals surface area contributed by atoms with Crippen LogP contribution in [0.25, 0.3) is 16.5 Å². The fourth-order valence-corrected chi connectivity index (χ4v) is 4.36. The third-order valence-electron chi connectivity index (χ3n) is 6.09. The molecular formula is C27H32N2O2. The van der Waals surface area contributed by atoms with Gasteiger partial charge in [0.25, 0.3) is 0 Å². The van der Waals surface area contributed by atoms with Crippen LogP contribution >= 0.6 is 0 Å². The van der Waals surface area contributed by atoms with Crippen molar-refractivity contribution < 1.29 is 9.21 Å². The van der Waals surface area contributed by atoms with Gasteiger partial charge in [0.2, 0.25) is 5.91 Å². The summed E-state index contributed by atoms with van der Waals surface area (Å²) in [6.07, 6.45) is 4.90. The molecule has 1 amide bonds. The number of piperazine rings is 1. The maximum atomic E-state index is 13.0. The first-order chi connectivity index (χ1) is 15.2. The molecule has 3 aromatic rings. The first-order valence-electron chi connectivity index (χ1n) is 11.4. The molecule has 31 heavy (non-hydrogen) atoms. The zero-order valence-corrected chi connectivity index (χ0v) is 18.6. The SMILES string of the molecule is CCCCc1oc2ccccc2c1/C(C)=C\C(=O)N1CCN(Cc2ccccc2)CC1. The standard InChI is InChI=1S/C27H32N2O2/c1-3-4-13-25-27(23-12-8-9-14-24(23)31-25)21(2)19-26(30)29-17-15-28(16-18-29)20-22-10-6-5-7-11-22/h5-12,14,19H,3-4,13,15-18,20H2,1-2H3/b21-19-. The van der Waals surface area contributed by atoms with E-state index >= 15 is 0 Å². The lowest BCUT2D eigenvalue weighted by Gasteiger charge is -2.34. The molecule has 0 atom stereocenters. The Morgan fingerprint density at radius 1 is 1.00 bits per heavy atom. The molecule has 0 N–H and O–H groups in total. The van der Waals surface area contributed by atoms with Crippen LogP contribution in [0.3, 0.4) is 0 Å². The third kappa shape index (κ3) is 5.08. The highest BCUT2D eigenvalue weighted by Gasteiger charge is 2.21. The van der Waals surface area contributed by atoms with Gasteiger partial charge in [0, 0.05) is 56.2 Å². The van der Waals surface area contributed by atoms with E-state index < -0.39 is 0 Å². The molecule has 162 valence electrons. The van der Waals surface area contributed by atoms with Crippen LogP contribution in [-0.4, -0.2) is 41.9 Å². The number of benzene rings is 2. The van der Waals surface area contributed by atoms with Crippen molar-refractivity contribution >= 4 is 22.4 Å². The molecule has 1 aliphatic rings. The number of aryl methyl sites for hydroxylation is 1. The summed E-state index contributed by atoms with van der Waals surface area (Å²) in [6, 6.07) is 18.7. The van der Waals surface area contributed by atoms with Gasteiger partial charge < -0.3 is 9.32 Å². The molecule has 4 heteroatoms.